The first-order valence-corrected chi connectivity index (χ1v) is 13.1. The van der Waals surface area contributed by atoms with Crippen LogP contribution in [0.5, 0.6) is 0 Å². The highest BCUT2D eigenvalue weighted by Crippen LogP contribution is 2.69. The fraction of sp³-hybridized carbons (Fsp3) is 1.00. The molecule has 1 nitrogen and oxygen atoms in total. The Bertz CT molecular complexity index is 618. The largest absolute Gasteiger partial charge is 0.387 e. The van der Waals surface area contributed by atoms with Gasteiger partial charge in [-0.15, -0.1) is 0 Å². The van der Waals surface area contributed by atoms with Crippen molar-refractivity contribution in [1.82, 2.24) is 0 Å². The number of aliphatic hydroxyl groups is 1. The Balaban J connectivity index is 1.50. The predicted octanol–water partition coefficient (Wildman–Crippen LogP) is 7.71. The fourth-order valence-corrected chi connectivity index (χ4v) is 9.34. The van der Waals surface area contributed by atoms with Crippen molar-refractivity contribution in [3.8, 4) is 0 Å². The van der Waals surface area contributed by atoms with Crippen LogP contribution in [0.3, 0.4) is 0 Å². The highest BCUT2D eigenvalue weighted by Gasteiger charge is 2.66. The van der Waals surface area contributed by atoms with Crippen LogP contribution in [0.15, 0.2) is 0 Å². The van der Waals surface area contributed by atoms with E-state index in [1.807, 2.05) is 0 Å². The van der Waals surface area contributed by atoms with Gasteiger partial charge in [0.2, 0.25) is 0 Å². The predicted molar refractivity (Wildman–Crippen MR) is 119 cm³/mol. The Morgan fingerprint density at radius 1 is 0.833 bits per heavy atom. The third kappa shape index (κ3) is 3.48. The molecule has 0 aliphatic heterocycles. The number of halogens is 2. The Kier molecular flexibility index (Phi) is 6.13. The maximum absolute atomic E-state index is 15.0. The molecule has 0 heterocycles. The van der Waals surface area contributed by atoms with Gasteiger partial charge in [0.1, 0.15) is 6.10 Å². The van der Waals surface area contributed by atoms with E-state index in [4.69, 9.17) is 0 Å². The van der Waals surface area contributed by atoms with Crippen LogP contribution < -0.4 is 0 Å². The van der Waals surface area contributed by atoms with Gasteiger partial charge in [-0.05, 0) is 97.7 Å². The fourth-order valence-electron chi connectivity index (χ4n) is 9.34. The quantitative estimate of drug-likeness (QED) is 0.479. The smallest absolute Gasteiger partial charge is 0.276 e. The zero-order valence-corrected chi connectivity index (χ0v) is 20.1. The number of hydrogen-bond acceptors (Lipinski definition) is 1. The van der Waals surface area contributed by atoms with Gasteiger partial charge < -0.3 is 5.11 Å². The van der Waals surface area contributed by atoms with Crippen molar-refractivity contribution in [3.63, 3.8) is 0 Å². The third-order valence-corrected chi connectivity index (χ3v) is 10.9. The van der Waals surface area contributed by atoms with Crippen LogP contribution in [0.2, 0.25) is 0 Å². The van der Waals surface area contributed by atoms with Crippen LogP contribution in [-0.2, 0) is 0 Å². The highest BCUT2D eigenvalue weighted by atomic mass is 19.3. The Morgan fingerprint density at radius 3 is 2.20 bits per heavy atom. The molecule has 0 bridgehead atoms. The number of hydrogen-bond donors (Lipinski definition) is 1. The second-order valence-corrected chi connectivity index (χ2v) is 12.8. The van der Waals surface area contributed by atoms with Gasteiger partial charge in [-0.2, -0.15) is 0 Å². The van der Waals surface area contributed by atoms with Crippen molar-refractivity contribution >= 4 is 0 Å². The number of rotatable bonds is 5. The average molecular weight is 425 g/mol. The third-order valence-electron chi connectivity index (χ3n) is 10.9. The van der Waals surface area contributed by atoms with Crippen LogP contribution in [0.1, 0.15) is 105 Å². The van der Waals surface area contributed by atoms with Crippen molar-refractivity contribution < 1.29 is 13.9 Å². The summed E-state index contributed by atoms with van der Waals surface area (Å²) in [6.45, 7) is 11.9. The van der Waals surface area contributed by atoms with E-state index < -0.39 is 17.9 Å². The second kappa shape index (κ2) is 7.99. The Labute approximate surface area is 183 Å². The Hall–Kier alpha value is -0.180. The molecule has 0 radical (unpaired) electrons. The van der Waals surface area contributed by atoms with E-state index in [0.29, 0.717) is 23.7 Å². The molecule has 0 unspecified atom stereocenters. The lowest BCUT2D eigenvalue weighted by Gasteiger charge is -2.62. The van der Waals surface area contributed by atoms with Crippen LogP contribution in [0.25, 0.3) is 0 Å². The minimum Gasteiger partial charge on any atom is -0.387 e. The number of aliphatic hydroxyl groups excluding tert-OH is 1. The minimum atomic E-state index is -2.90. The van der Waals surface area contributed by atoms with E-state index >= 15 is 0 Å². The lowest BCUT2D eigenvalue weighted by Crippen LogP contribution is -2.61. The molecule has 4 saturated carbocycles. The van der Waals surface area contributed by atoms with Crippen LogP contribution >= 0.6 is 0 Å². The molecule has 4 fully saturated rings. The van der Waals surface area contributed by atoms with Gasteiger partial charge in [0, 0.05) is 5.92 Å². The van der Waals surface area contributed by atoms with Gasteiger partial charge in [0.25, 0.3) is 5.92 Å². The molecular formula is C27H46F2O. The van der Waals surface area contributed by atoms with Gasteiger partial charge in [0.15, 0.2) is 0 Å². The molecule has 1 N–H and O–H groups in total. The van der Waals surface area contributed by atoms with E-state index in [2.05, 4.69) is 34.6 Å². The maximum atomic E-state index is 15.0. The molecule has 0 saturated heterocycles. The molecule has 3 heteroatoms. The van der Waals surface area contributed by atoms with Crippen molar-refractivity contribution in [2.45, 2.75) is 117 Å². The van der Waals surface area contributed by atoms with E-state index in [0.717, 1.165) is 42.9 Å². The molecule has 0 spiro atoms. The molecule has 0 aromatic carbocycles. The van der Waals surface area contributed by atoms with Gasteiger partial charge in [-0.3, -0.25) is 0 Å². The molecule has 4 aliphatic carbocycles. The SMILES string of the molecule is CC(C)CCC[C@@H](C)[C@H]1CC[C@H]2[C@@H]3CC[C@H]4C(F)(F)[C@@H](O)CC[C@]4(C)[C@H]3CC[C@]12C. The number of fused-ring (bicyclic) bond motifs is 5. The maximum Gasteiger partial charge on any atom is 0.276 e. The summed E-state index contributed by atoms with van der Waals surface area (Å²) in [5, 5.41) is 10.0. The Morgan fingerprint density at radius 2 is 1.50 bits per heavy atom. The first-order chi connectivity index (χ1) is 14.0. The van der Waals surface area contributed by atoms with E-state index in [1.54, 1.807) is 0 Å². The summed E-state index contributed by atoms with van der Waals surface area (Å²) in [6.07, 6.45) is 10.3. The van der Waals surface area contributed by atoms with Crippen molar-refractivity contribution in [1.29, 1.82) is 0 Å². The van der Waals surface area contributed by atoms with E-state index in [1.165, 1.54) is 38.5 Å². The average Bonchev–Trinajstić information content (AvgIpc) is 3.02. The van der Waals surface area contributed by atoms with Crippen molar-refractivity contribution in [3.05, 3.63) is 0 Å². The first-order valence-electron chi connectivity index (χ1n) is 13.1. The monoisotopic (exact) mass is 424 g/mol. The van der Waals surface area contributed by atoms with Gasteiger partial charge in [0.05, 0.1) is 0 Å². The molecule has 30 heavy (non-hydrogen) atoms. The van der Waals surface area contributed by atoms with Crippen LogP contribution in [-0.4, -0.2) is 17.1 Å². The molecule has 4 aliphatic rings. The standard InChI is InChI=1S/C27H46F2O/c1-17(2)7-6-8-18(3)20-10-11-21-19-9-12-23-26(5,16-14-24(30)27(23,28)29)22(19)13-15-25(20,21)4/h17-24,30H,6-16H2,1-5H3/t18-,19+,20-,21+,22+,23-,24+,25-,26-/m1/s1. The summed E-state index contributed by atoms with van der Waals surface area (Å²) >= 11 is 0. The summed E-state index contributed by atoms with van der Waals surface area (Å²) < 4.78 is 29.9. The number of alkyl halides is 2. The van der Waals surface area contributed by atoms with Crippen molar-refractivity contribution in [2.24, 2.45) is 52.3 Å². The summed E-state index contributed by atoms with van der Waals surface area (Å²) in [7, 11) is 0. The van der Waals surface area contributed by atoms with Gasteiger partial charge in [-0.25, -0.2) is 8.78 Å². The van der Waals surface area contributed by atoms with Crippen molar-refractivity contribution in [2.75, 3.05) is 0 Å². The molecule has 4 rings (SSSR count). The molecular weight excluding hydrogens is 378 g/mol. The van der Waals surface area contributed by atoms with E-state index in [-0.39, 0.29) is 11.8 Å². The lowest BCUT2D eigenvalue weighted by molar-refractivity contribution is -0.246. The van der Waals surface area contributed by atoms with Crippen LogP contribution in [0, 0.1) is 52.3 Å². The minimum absolute atomic E-state index is 0.278. The van der Waals surface area contributed by atoms with Crippen LogP contribution in [0.4, 0.5) is 8.78 Å². The molecule has 174 valence electrons. The molecule has 0 amide bonds. The van der Waals surface area contributed by atoms with E-state index in [9.17, 15) is 13.9 Å². The lowest BCUT2D eigenvalue weighted by atomic mass is 9.44. The molecule has 0 aromatic rings. The summed E-state index contributed by atoms with van der Waals surface area (Å²) in [5.74, 6) is 0.668. The van der Waals surface area contributed by atoms with Gasteiger partial charge >= 0.3 is 0 Å². The normalized spacial score (nSPS) is 48.7. The summed E-state index contributed by atoms with van der Waals surface area (Å²) in [5.41, 5.74) is 0.131. The van der Waals surface area contributed by atoms with Gasteiger partial charge in [-0.1, -0.05) is 53.9 Å². The molecule has 9 atom stereocenters. The topological polar surface area (TPSA) is 20.2 Å². The molecule has 0 aromatic heterocycles. The zero-order chi connectivity index (χ0) is 21.9. The zero-order valence-electron chi connectivity index (χ0n) is 20.1. The summed E-state index contributed by atoms with van der Waals surface area (Å²) in [6, 6.07) is 0. The highest BCUT2D eigenvalue weighted by molar-refractivity contribution is 5.12. The second-order valence-electron chi connectivity index (χ2n) is 12.8. The first kappa shape index (κ1) is 23.0. The summed E-state index contributed by atoms with van der Waals surface area (Å²) in [4.78, 5) is 0.